The molecule has 24 heavy (non-hydrogen) atoms. The molecule has 0 spiro atoms. The van der Waals surface area contributed by atoms with Crippen LogP contribution in [0.4, 0.5) is 0 Å². The van der Waals surface area contributed by atoms with Crippen LogP contribution in [0.25, 0.3) is 0 Å². The first-order chi connectivity index (χ1) is 10.8. The molecule has 1 aliphatic rings. The number of rotatable bonds is 4. The van der Waals surface area contributed by atoms with E-state index in [1.165, 1.54) is 0 Å². The van der Waals surface area contributed by atoms with Crippen LogP contribution in [-0.4, -0.2) is 64.3 Å². The summed E-state index contributed by atoms with van der Waals surface area (Å²) >= 11 is 0. The standard InChI is InChI=1S/C15H27N7O.HI/c1-10(2)17-15(16-8-14(23)21(4)5)19-12-6-7-13-18-11(3)20-22(13)9-12;/h10,12H,6-9H2,1-5H3,(H2,16,17,19);1H. The maximum atomic E-state index is 11.7. The third-order valence-electron chi connectivity index (χ3n) is 3.60. The van der Waals surface area contributed by atoms with Gasteiger partial charge in [0.1, 0.15) is 18.2 Å². The van der Waals surface area contributed by atoms with Crippen LogP contribution in [-0.2, 0) is 17.8 Å². The smallest absolute Gasteiger partial charge is 0.243 e. The molecule has 8 nitrogen and oxygen atoms in total. The fraction of sp³-hybridized carbons (Fsp3) is 0.733. The molecular weight excluding hydrogens is 421 g/mol. The van der Waals surface area contributed by atoms with Gasteiger partial charge in [-0.2, -0.15) is 5.10 Å². The fourth-order valence-corrected chi connectivity index (χ4v) is 2.44. The lowest BCUT2D eigenvalue weighted by Gasteiger charge is -2.26. The van der Waals surface area contributed by atoms with E-state index >= 15 is 0 Å². The van der Waals surface area contributed by atoms with Crippen LogP contribution >= 0.6 is 24.0 Å². The number of guanidine groups is 1. The predicted molar refractivity (Wildman–Crippen MR) is 105 cm³/mol. The molecule has 1 aliphatic heterocycles. The number of halogens is 1. The van der Waals surface area contributed by atoms with Gasteiger partial charge < -0.3 is 15.5 Å². The summed E-state index contributed by atoms with van der Waals surface area (Å²) in [5, 5.41) is 11.1. The zero-order valence-corrected chi connectivity index (χ0v) is 17.4. The van der Waals surface area contributed by atoms with Crippen molar-refractivity contribution in [3.05, 3.63) is 11.6 Å². The highest BCUT2D eigenvalue weighted by Gasteiger charge is 2.22. The zero-order valence-electron chi connectivity index (χ0n) is 15.0. The van der Waals surface area contributed by atoms with Gasteiger partial charge in [0.15, 0.2) is 5.96 Å². The molecule has 1 amide bonds. The molecular formula is C15H28IN7O. The largest absolute Gasteiger partial charge is 0.354 e. The van der Waals surface area contributed by atoms with Crippen LogP contribution < -0.4 is 10.6 Å². The molecule has 0 saturated carbocycles. The second kappa shape index (κ2) is 9.19. The van der Waals surface area contributed by atoms with E-state index in [0.717, 1.165) is 31.0 Å². The number of aliphatic imine (C=N–C) groups is 1. The van der Waals surface area contributed by atoms with Crippen LogP contribution in [0.15, 0.2) is 4.99 Å². The Labute approximate surface area is 160 Å². The van der Waals surface area contributed by atoms with Gasteiger partial charge in [-0.3, -0.25) is 4.79 Å². The number of nitrogens with one attached hydrogen (secondary N) is 2. The number of amides is 1. The second-order valence-corrected chi connectivity index (χ2v) is 6.39. The molecule has 2 N–H and O–H groups in total. The number of carbonyl (C=O) groups excluding carboxylic acids is 1. The van der Waals surface area contributed by atoms with Crippen molar-refractivity contribution in [1.82, 2.24) is 30.3 Å². The number of fused-ring (bicyclic) bond motifs is 1. The van der Waals surface area contributed by atoms with E-state index in [2.05, 4.69) is 25.7 Å². The molecule has 2 heterocycles. The SMILES string of the molecule is Cc1nc2n(n1)CC(NC(=NCC(=O)N(C)C)NC(C)C)CC2.I. The van der Waals surface area contributed by atoms with E-state index in [0.29, 0.717) is 5.96 Å². The third kappa shape index (κ3) is 5.91. The minimum Gasteiger partial charge on any atom is -0.354 e. The summed E-state index contributed by atoms with van der Waals surface area (Å²) in [6.07, 6.45) is 1.86. The van der Waals surface area contributed by atoms with Gasteiger partial charge in [-0.1, -0.05) is 0 Å². The van der Waals surface area contributed by atoms with E-state index in [9.17, 15) is 4.79 Å². The Morgan fingerprint density at radius 3 is 2.79 bits per heavy atom. The van der Waals surface area contributed by atoms with Crippen LogP contribution in [0.2, 0.25) is 0 Å². The number of nitrogens with zero attached hydrogens (tertiary/aromatic N) is 5. The summed E-state index contributed by atoms with van der Waals surface area (Å²) in [5.74, 6) is 2.50. The maximum Gasteiger partial charge on any atom is 0.243 e. The Hall–Kier alpha value is -1.39. The highest BCUT2D eigenvalue weighted by molar-refractivity contribution is 14.0. The van der Waals surface area contributed by atoms with Gasteiger partial charge in [0.2, 0.25) is 5.91 Å². The predicted octanol–water partition coefficient (Wildman–Crippen LogP) is 0.551. The Kier molecular flexibility index (Phi) is 7.91. The monoisotopic (exact) mass is 449 g/mol. The van der Waals surface area contributed by atoms with Crippen molar-refractivity contribution in [3.8, 4) is 0 Å². The molecule has 136 valence electrons. The van der Waals surface area contributed by atoms with Gasteiger partial charge in [-0.05, 0) is 27.2 Å². The molecule has 0 bridgehead atoms. The van der Waals surface area contributed by atoms with E-state index in [1.54, 1.807) is 19.0 Å². The van der Waals surface area contributed by atoms with Crippen LogP contribution in [0.5, 0.6) is 0 Å². The number of aromatic nitrogens is 3. The number of aryl methyl sites for hydroxylation is 2. The lowest BCUT2D eigenvalue weighted by Crippen LogP contribution is -2.49. The molecule has 0 aromatic carbocycles. The first kappa shape index (κ1) is 20.7. The number of hydrogen-bond donors (Lipinski definition) is 2. The molecule has 0 fully saturated rings. The number of hydrogen-bond acceptors (Lipinski definition) is 4. The van der Waals surface area contributed by atoms with Crippen molar-refractivity contribution in [1.29, 1.82) is 0 Å². The average Bonchev–Trinajstić information content (AvgIpc) is 2.83. The van der Waals surface area contributed by atoms with Gasteiger partial charge in [-0.25, -0.2) is 14.7 Å². The molecule has 1 aromatic rings. The topological polar surface area (TPSA) is 87.4 Å². The summed E-state index contributed by atoms with van der Waals surface area (Å²) < 4.78 is 1.95. The quantitative estimate of drug-likeness (QED) is 0.399. The molecule has 2 rings (SSSR count). The van der Waals surface area contributed by atoms with Gasteiger partial charge in [0.25, 0.3) is 0 Å². The highest BCUT2D eigenvalue weighted by Crippen LogP contribution is 2.12. The van der Waals surface area contributed by atoms with E-state index < -0.39 is 0 Å². The molecule has 0 saturated heterocycles. The Balaban J connectivity index is 0.00000288. The zero-order chi connectivity index (χ0) is 17.0. The average molecular weight is 449 g/mol. The van der Waals surface area contributed by atoms with Crippen molar-refractivity contribution < 1.29 is 4.79 Å². The second-order valence-electron chi connectivity index (χ2n) is 6.39. The first-order valence-electron chi connectivity index (χ1n) is 8.03. The van der Waals surface area contributed by atoms with Crippen molar-refractivity contribution in [2.24, 2.45) is 4.99 Å². The molecule has 1 atom stereocenters. The van der Waals surface area contributed by atoms with Gasteiger partial charge in [0, 0.05) is 32.6 Å². The summed E-state index contributed by atoms with van der Waals surface area (Å²) in [6, 6.07) is 0.464. The minimum atomic E-state index is -0.0207. The van der Waals surface area contributed by atoms with E-state index in [-0.39, 0.29) is 48.5 Å². The lowest BCUT2D eigenvalue weighted by molar-refractivity contribution is -0.127. The molecule has 0 aliphatic carbocycles. The highest BCUT2D eigenvalue weighted by atomic mass is 127. The van der Waals surface area contributed by atoms with E-state index in [4.69, 9.17) is 0 Å². The van der Waals surface area contributed by atoms with Crippen LogP contribution in [0.3, 0.4) is 0 Å². The van der Waals surface area contributed by atoms with Crippen LogP contribution in [0, 0.1) is 6.92 Å². The van der Waals surface area contributed by atoms with E-state index in [1.807, 2.05) is 25.5 Å². The van der Waals surface area contributed by atoms with Gasteiger partial charge in [-0.15, -0.1) is 24.0 Å². The molecule has 1 aromatic heterocycles. The van der Waals surface area contributed by atoms with Crippen molar-refractivity contribution in [2.45, 2.75) is 52.2 Å². The number of likely N-dealkylation sites (N-methyl/N-ethyl adjacent to an activating group) is 1. The first-order valence-corrected chi connectivity index (χ1v) is 8.03. The van der Waals surface area contributed by atoms with Crippen molar-refractivity contribution in [3.63, 3.8) is 0 Å². The Morgan fingerprint density at radius 1 is 1.46 bits per heavy atom. The van der Waals surface area contributed by atoms with Gasteiger partial charge in [0.05, 0.1) is 6.54 Å². The maximum absolute atomic E-state index is 11.7. The minimum absolute atomic E-state index is 0. The van der Waals surface area contributed by atoms with Crippen molar-refractivity contribution >= 4 is 35.8 Å². The van der Waals surface area contributed by atoms with Crippen LogP contribution in [0.1, 0.15) is 31.9 Å². The summed E-state index contributed by atoms with van der Waals surface area (Å²) in [4.78, 5) is 22.1. The fourth-order valence-electron chi connectivity index (χ4n) is 2.44. The third-order valence-corrected chi connectivity index (χ3v) is 3.60. The Morgan fingerprint density at radius 2 is 2.17 bits per heavy atom. The molecule has 9 heteroatoms. The number of carbonyl (C=O) groups is 1. The molecule has 0 radical (unpaired) electrons. The Bertz CT molecular complexity index is 582. The lowest BCUT2D eigenvalue weighted by atomic mass is 10.1. The summed E-state index contributed by atoms with van der Waals surface area (Å²) in [7, 11) is 3.47. The molecule has 1 unspecified atom stereocenters. The van der Waals surface area contributed by atoms with Crippen molar-refractivity contribution in [2.75, 3.05) is 20.6 Å². The van der Waals surface area contributed by atoms with Gasteiger partial charge >= 0.3 is 0 Å². The normalized spacial score (nSPS) is 17.1. The summed E-state index contributed by atoms with van der Waals surface area (Å²) in [5.41, 5.74) is 0. The summed E-state index contributed by atoms with van der Waals surface area (Å²) in [6.45, 7) is 6.90.